The molecule has 0 saturated carbocycles. The molecule has 3 amide bonds. The number of unbranched alkanes of at least 4 members (excludes halogenated alkanes) is 3. The molecule has 2 aromatic carbocycles. The Bertz CT molecular complexity index is 1760. The number of esters is 1. The summed E-state index contributed by atoms with van der Waals surface area (Å²) < 4.78 is 13.9. The zero-order valence-electron chi connectivity index (χ0n) is 29.5. The first-order valence-corrected chi connectivity index (χ1v) is 18.2. The van der Waals surface area contributed by atoms with Crippen LogP contribution in [0.15, 0.2) is 79.9 Å². The van der Waals surface area contributed by atoms with E-state index in [1.54, 1.807) is 26.6 Å². The third-order valence-corrected chi connectivity index (χ3v) is 10.5. The fourth-order valence-electron chi connectivity index (χ4n) is 8.09. The van der Waals surface area contributed by atoms with Crippen molar-refractivity contribution in [3.05, 3.63) is 85.5 Å². The molecule has 6 atom stereocenters. The van der Waals surface area contributed by atoms with Crippen LogP contribution in [0.1, 0.15) is 63.0 Å². The van der Waals surface area contributed by atoms with Gasteiger partial charge in [-0.05, 0) is 49.8 Å². The molecule has 3 saturated heterocycles. The van der Waals surface area contributed by atoms with Gasteiger partial charge in [0.1, 0.15) is 30.4 Å². The normalized spacial score (nSPS) is 23.7. The van der Waals surface area contributed by atoms with Gasteiger partial charge in [0.05, 0.1) is 29.5 Å². The fraction of sp³-hybridized carbons (Fsp3) is 0.487. The maximum Gasteiger partial charge on any atom is 0.306 e. The molecule has 0 radical (unpaired) electrons. The number of amides is 3. The van der Waals surface area contributed by atoms with Crippen molar-refractivity contribution in [2.24, 2.45) is 11.8 Å². The third kappa shape index (κ3) is 7.38. The first-order chi connectivity index (χ1) is 25.3. The average Bonchev–Trinajstić information content (AvgIpc) is 3.91. The van der Waals surface area contributed by atoms with E-state index >= 15 is 0 Å². The number of carbonyl (C=O) groups is 4. The van der Waals surface area contributed by atoms with Crippen molar-refractivity contribution in [1.29, 1.82) is 0 Å². The van der Waals surface area contributed by atoms with Crippen LogP contribution in [0.4, 0.5) is 0 Å². The summed E-state index contributed by atoms with van der Waals surface area (Å²) in [6, 6.07) is 15.1. The zero-order valence-corrected chi connectivity index (χ0v) is 29.5. The molecule has 1 spiro atoms. The first-order valence-electron chi connectivity index (χ1n) is 18.2. The number of allylic oxidation sites excluding steroid dienone is 1. The molecular weight excluding hydrogens is 664 g/mol. The van der Waals surface area contributed by atoms with Gasteiger partial charge in [0, 0.05) is 26.1 Å². The number of benzene rings is 2. The number of para-hydroxylation sites is 1. The van der Waals surface area contributed by atoms with Crippen LogP contribution in [0.5, 0.6) is 0 Å². The summed E-state index contributed by atoms with van der Waals surface area (Å²) in [5.74, 6) is -3.08. The number of carbonyl (C=O) groups excluding carboxylic acids is 4. The lowest BCUT2D eigenvalue weighted by Gasteiger charge is -2.36. The molecule has 2 N–H and O–H groups in total. The van der Waals surface area contributed by atoms with Crippen molar-refractivity contribution < 1.29 is 33.8 Å². The van der Waals surface area contributed by atoms with Gasteiger partial charge in [-0.1, -0.05) is 72.7 Å². The number of fused-ring (bicyclic) bond motifs is 2. The van der Waals surface area contributed by atoms with Crippen molar-refractivity contribution in [3.8, 4) is 0 Å². The van der Waals surface area contributed by atoms with E-state index in [-0.39, 0.29) is 50.6 Å². The maximum atomic E-state index is 14.8. The molecule has 0 aliphatic carbocycles. The van der Waals surface area contributed by atoms with Gasteiger partial charge >= 0.3 is 5.97 Å². The van der Waals surface area contributed by atoms with Gasteiger partial charge in [0.2, 0.25) is 17.7 Å². The summed E-state index contributed by atoms with van der Waals surface area (Å²) >= 11 is 0. The van der Waals surface area contributed by atoms with E-state index in [0.29, 0.717) is 44.2 Å². The number of aliphatic hydroxyl groups is 1. The number of aromatic nitrogens is 3. The summed E-state index contributed by atoms with van der Waals surface area (Å²) in [4.78, 5) is 59.4. The van der Waals surface area contributed by atoms with Crippen molar-refractivity contribution in [1.82, 2.24) is 30.1 Å². The molecule has 276 valence electrons. The van der Waals surface area contributed by atoms with Crippen LogP contribution in [-0.4, -0.2) is 97.6 Å². The second kappa shape index (κ2) is 16.6. The summed E-state index contributed by atoms with van der Waals surface area (Å²) in [5, 5.41) is 20.9. The van der Waals surface area contributed by atoms with Crippen LogP contribution >= 0.6 is 0 Å². The molecular formula is C39H48N6O7. The highest BCUT2D eigenvalue weighted by atomic mass is 16.5. The standard InChI is InChI=1S/C39H48N6O7/c1-3-5-19-32(47)51-25-29(27-15-9-8-10-16-27)40-36(48)33-31-20-21-39(52-31)34(33)37(49)44(23-13-6-7-14-24-46)35(39)38(50)43(22-4-2)26-45-30-18-12-11-17-28(30)41-42-45/h3-4,8-12,15-18,29,31,33-35,46H,1-2,5-7,13-14,19-26H2,(H,40,48)/t29-,31+,33-,34-,35+,39-/m0/s1. The molecule has 2 bridgehead atoms. The molecule has 0 unspecified atom stereocenters. The van der Waals surface area contributed by atoms with E-state index in [9.17, 15) is 24.3 Å². The Morgan fingerprint density at radius 2 is 1.85 bits per heavy atom. The van der Waals surface area contributed by atoms with Crippen LogP contribution in [0, 0.1) is 11.8 Å². The van der Waals surface area contributed by atoms with E-state index in [1.807, 2.05) is 54.6 Å². The Kier molecular flexibility index (Phi) is 11.8. The van der Waals surface area contributed by atoms with Gasteiger partial charge in [-0.15, -0.1) is 18.3 Å². The maximum absolute atomic E-state index is 14.8. The molecule has 52 heavy (non-hydrogen) atoms. The summed E-state index contributed by atoms with van der Waals surface area (Å²) in [6.07, 6.45) is 7.17. The quantitative estimate of drug-likeness (QED) is 0.108. The molecule has 1 aromatic heterocycles. The average molecular weight is 713 g/mol. The van der Waals surface area contributed by atoms with E-state index in [2.05, 4.69) is 28.8 Å². The number of rotatable bonds is 19. The number of hydrogen-bond acceptors (Lipinski definition) is 9. The Hall–Kier alpha value is -4.88. The van der Waals surface area contributed by atoms with E-state index in [1.165, 1.54) is 0 Å². The van der Waals surface area contributed by atoms with Crippen LogP contribution in [0.3, 0.4) is 0 Å². The smallest absolute Gasteiger partial charge is 0.306 e. The van der Waals surface area contributed by atoms with Crippen LogP contribution < -0.4 is 5.32 Å². The van der Waals surface area contributed by atoms with Gasteiger partial charge in [0.15, 0.2) is 0 Å². The molecule has 3 aliphatic rings. The second-order valence-electron chi connectivity index (χ2n) is 13.8. The van der Waals surface area contributed by atoms with E-state index < -0.39 is 41.6 Å². The van der Waals surface area contributed by atoms with Gasteiger partial charge in [-0.25, -0.2) is 4.68 Å². The van der Waals surface area contributed by atoms with Crippen molar-refractivity contribution in [2.45, 2.75) is 81.8 Å². The summed E-state index contributed by atoms with van der Waals surface area (Å²) in [5.41, 5.74) is 1.01. The number of ether oxygens (including phenoxy) is 2. The Labute approximate surface area is 303 Å². The molecule has 3 fully saturated rings. The molecule has 13 nitrogen and oxygen atoms in total. The predicted molar refractivity (Wildman–Crippen MR) is 192 cm³/mol. The monoisotopic (exact) mass is 712 g/mol. The molecule has 4 heterocycles. The van der Waals surface area contributed by atoms with Gasteiger partial charge in [-0.3, -0.25) is 19.2 Å². The van der Waals surface area contributed by atoms with Gasteiger partial charge in [0.25, 0.3) is 0 Å². The zero-order chi connectivity index (χ0) is 36.7. The van der Waals surface area contributed by atoms with Crippen molar-refractivity contribution in [3.63, 3.8) is 0 Å². The molecule has 13 heteroatoms. The minimum atomic E-state index is -1.20. The topological polar surface area (TPSA) is 156 Å². The Morgan fingerprint density at radius 3 is 2.62 bits per heavy atom. The number of hydrogen-bond donors (Lipinski definition) is 2. The Morgan fingerprint density at radius 1 is 1.08 bits per heavy atom. The van der Waals surface area contributed by atoms with Crippen LogP contribution in [-0.2, 0) is 35.3 Å². The number of nitrogens with one attached hydrogen (secondary N) is 1. The largest absolute Gasteiger partial charge is 0.463 e. The van der Waals surface area contributed by atoms with Crippen LogP contribution in [0.25, 0.3) is 11.0 Å². The summed E-state index contributed by atoms with van der Waals surface area (Å²) in [7, 11) is 0. The van der Waals surface area contributed by atoms with Gasteiger partial charge in [-0.2, -0.15) is 0 Å². The molecule has 3 aliphatic heterocycles. The van der Waals surface area contributed by atoms with Gasteiger partial charge < -0.3 is 29.7 Å². The Balaban J connectivity index is 1.28. The summed E-state index contributed by atoms with van der Waals surface area (Å²) in [6.45, 7) is 8.14. The highest BCUT2D eigenvalue weighted by molar-refractivity contribution is 5.99. The van der Waals surface area contributed by atoms with Crippen LogP contribution in [0.2, 0.25) is 0 Å². The number of aliphatic hydroxyl groups excluding tert-OH is 1. The number of likely N-dealkylation sites (tertiary alicyclic amines) is 1. The lowest BCUT2D eigenvalue weighted by molar-refractivity contribution is -0.149. The van der Waals surface area contributed by atoms with Crippen molar-refractivity contribution >= 4 is 34.7 Å². The van der Waals surface area contributed by atoms with Crippen molar-refractivity contribution in [2.75, 3.05) is 26.3 Å². The van der Waals surface area contributed by atoms with E-state index in [0.717, 1.165) is 23.9 Å². The predicted octanol–water partition coefficient (Wildman–Crippen LogP) is 3.70. The second-order valence-corrected chi connectivity index (χ2v) is 13.8. The SMILES string of the molecule is C=CCCC(=O)OC[C@H](NC(=O)[C@@H]1[C@H]2C(=O)N(CCCCCCO)[C@H](C(=O)N(CC=C)Cn3nnc4ccccc43)[C@]23CC[C@H]1O3)c1ccccc1. The molecule has 6 rings (SSSR count). The molecule has 3 aromatic rings. The van der Waals surface area contributed by atoms with E-state index in [4.69, 9.17) is 9.47 Å². The first kappa shape index (κ1) is 36.9. The third-order valence-electron chi connectivity index (χ3n) is 10.5. The number of nitrogens with zero attached hydrogens (tertiary/aromatic N) is 5. The highest BCUT2D eigenvalue weighted by Crippen LogP contribution is 2.58. The minimum Gasteiger partial charge on any atom is -0.463 e. The fourth-order valence-corrected chi connectivity index (χ4v) is 8.09. The minimum absolute atomic E-state index is 0.0811. The lowest BCUT2D eigenvalue weighted by Crippen LogP contribution is -2.56. The highest BCUT2D eigenvalue weighted by Gasteiger charge is 2.74. The lowest BCUT2D eigenvalue weighted by atomic mass is 9.70.